The van der Waals surface area contributed by atoms with Crippen molar-refractivity contribution in [3.8, 4) is 0 Å². The molecule has 0 amide bonds. The van der Waals surface area contributed by atoms with Gasteiger partial charge in [-0.3, -0.25) is 0 Å². The molecule has 2 unspecified atom stereocenters. The highest BCUT2D eigenvalue weighted by Gasteiger charge is 2.12. The standard InChI is InChI=1S/C14H30ClN/c1-5-7-8-13(6-2)11-16-14(10-15)9-12(3)4/h12-14,16H,5-11H2,1-4H3. The molecule has 1 N–H and O–H groups in total. The van der Waals surface area contributed by atoms with E-state index in [4.69, 9.17) is 11.6 Å². The van der Waals surface area contributed by atoms with Crippen LogP contribution in [0, 0.1) is 11.8 Å². The number of halogens is 1. The highest BCUT2D eigenvalue weighted by molar-refractivity contribution is 6.18. The Kier molecular flexibility index (Phi) is 10.6. The fraction of sp³-hybridized carbons (Fsp3) is 1.00. The Hall–Kier alpha value is 0.250. The van der Waals surface area contributed by atoms with E-state index in [2.05, 4.69) is 33.0 Å². The Labute approximate surface area is 107 Å². The molecule has 0 fully saturated rings. The SMILES string of the molecule is CCCCC(CC)CNC(CCl)CC(C)C. The maximum absolute atomic E-state index is 5.98. The van der Waals surface area contributed by atoms with E-state index in [0.717, 1.165) is 24.3 Å². The Morgan fingerprint density at radius 2 is 1.88 bits per heavy atom. The van der Waals surface area contributed by atoms with Gasteiger partial charge in [-0.15, -0.1) is 11.6 Å². The van der Waals surface area contributed by atoms with Gasteiger partial charge in [0.15, 0.2) is 0 Å². The molecule has 98 valence electrons. The maximum atomic E-state index is 5.98. The van der Waals surface area contributed by atoms with E-state index in [1.807, 2.05) is 0 Å². The summed E-state index contributed by atoms with van der Waals surface area (Å²) in [5, 5.41) is 3.63. The summed E-state index contributed by atoms with van der Waals surface area (Å²) in [7, 11) is 0. The first kappa shape index (κ1) is 16.2. The van der Waals surface area contributed by atoms with Crippen molar-refractivity contribution >= 4 is 11.6 Å². The minimum atomic E-state index is 0.498. The molecule has 0 aromatic rings. The first-order valence-electron chi connectivity index (χ1n) is 6.93. The molecule has 0 radical (unpaired) electrons. The minimum Gasteiger partial charge on any atom is -0.313 e. The zero-order valence-corrected chi connectivity index (χ0v) is 12.3. The van der Waals surface area contributed by atoms with E-state index in [-0.39, 0.29) is 0 Å². The molecule has 0 aliphatic rings. The number of hydrogen-bond donors (Lipinski definition) is 1. The first-order valence-corrected chi connectivity index (χ1v) is 7.46. The molecule has 0 heterocycles. The van der Waals surface area contributed by atoms with Gasteiger partial charge in [-0.2, -0.15) is 0 Å². The Bertz CT molecular complexity index is 148. The lowest BCUT2D eigenvalue weighted by Gasteiger charge is -2.22. The second-order valence-corrected chi connectivity index (χ2v) is 5.61. The van der Waals surface area contributed by atoms with Crippen LogP contribution < -0.4 is 5.32 Å². The van der Waals surface area contributed by atoms with Crippen LogP contribution in [0.2, 0.25) is 0 Å². The van der Waals surface area contributed by atoms with Crippen molar-refractivity contribution in [1.29, 1.82) is 0 Å². The predicted molar refractivity (Wildman–Crippen MR) is 75.3 cm³/mol. The summed E-state index contributed by atoms with van der Waals surface area (Å²) < 4.78 is 0. The van der Waals surface area contributed by atoms with E-state index in [1.54, 1.807) is 0 Å². The third-order valence-corrected chi connectivity index (χ3v) is 3.55. The topological polar surface area (TPSA) is 12.0 Å². The van der Waals surface area contributed by atoms with Crippen LogP contribution in [0.15, 0.2) is 0 Å². The lowest BCUT2D eigenvalue weighted by Crippen LogP contribution is -2.35. The molecule has 1 nitrogen and oxygen atoms in total. The van der Waals surface area contributed by atoms with Crippen LogP contribution in [0.25, 0.3) is 0 Å². The molecule has 0 saturated heterocycles. The summed E-state index contributed by atoms with van der Waals surface area (Å²) in [6.45, 7) is 10.2. The first-order chi connectivity index (χ1) is 7.63. The van der Waals surface area contributed by atoms with Crippen molar-refractivity contribution < 1.29 is 0 Å². The van der Waals surface area contributed by atoms with Crippen LogP contribution >= 0.6 is 11.6 Å². The summed E-state index contributed by atoms with van der Waals surface area (Å²) >= 11 is 5.98. The summed E-state index contributed by atoms with van der Waals surface area (Å²) in [4.78, 5) is 0. The van der Waals surface area contributed by atoms with Gasteiger partial charge in [0.1, 0.15) is 0 Å². The molecule has 2 atom stereocenters. The molecule has 0 spiro atoms. The lowest BCUT2D eigenvalue weighted by molar-refractivity contribution is 0.371. The van der Waals surface area contributed by atoms with Gasteiger partial charge in [0.2, 0.25) is 0 Å². The predicted octanol–water partition coefficient (Wildman–Crippen LogP) is 4.45. The molecule has 0 saturated carbocycles. The van der Waals surface area contributed by atoms with Crippen molar-refractivity contribution in [2.75, 3.05) is 12.4 Å². The summed E-state index contributed by atoms with van der Waals surface area (Å²) in [6, 6.07) is 0.498. The van der Waals surface area contributed by atoms with Crippen molar-refractivity contribution in [2.24, 2.45) is 11.8 Å². The van der Waals surface area contributed by atoms with Crippen LogP contribution in [0.4, 0.5) is 0 Å². The van der Waals surface area contributed by atoms with Gasteiger partial charge in [0.25, 0.3) is 0 Å². The molecule has 0 rings (SSSR count). The average molecular weight is 248 g/mol. The second kappa shape index (κ2) is 10.4. The van der Waals surface area contributed by atoms with Gasteiger partial charge < -0.3 is 5.32 Å². The van der Waals surface area contributed by atoms with E-state index in [0.29, 0.717) is 6.04 Å². The highest BCUT2D eigenvalue weighted by atomic mass is 35.5. The summed E-state index contributed by atoms with van der Waals surface area (Å²) in [5.41, 5.74) is 0. The fourth-order valence-corrected chi connectivity index (χ4v) is 2.28. The third-order valence-electron chi connectivity index (χ3n) is 3.18. The zero-order chi connectivity index (χ0) is 12.4. The zero-order valence-electron chi connectivity index (χ0n) is 11.6. The van der Waals surface area contributed by atoms with E-state index in [9.17, 15) is 0 Å². The Balaban J connectivity index is 3.78. The second-order valence-electron chi connectivity index (χ2n) is 5.31. The van der Waals surface area contributed by atoms with Gasteiger partial charge in [0.05, 0.1) is 0 Å². The normalized spacial score (nSPS) is 15.4. The van der Waals surface area contributed by atoms with E-state index in [1.165, 1.54) is 32.1 Å². The molecular weight excluding hydrogens is 218 g/mol. The molecule has 0 bridgehead atoms. The van der Waals surface area contributed by atoms with Gasteiger partial charge in [-0.05, 0) is 31.2 Å². The van der Waals surface area contributed by atoms with E-state index >= 15 is 0 Å². The number of unbranched alkanes of at least 4 members (excludes halogenated alkanes) is 1. The minimum absolute atomic E-state index is 0.498. The number of hydrogen-bond acceptors (Lipinski definition) is 1. The molecular formula is C14H30ClN. The smallest absolute Gasteiger partial charge is 0.0377 e. The fourth-order valence-electron chi connectivity index (χ4n) is 2.05. The molecule has 0 aromatic carbocycles. The number of alkyl halides is 1. The molecule has 16 heavy (non-hydrogen) atoms. The van der Waals surface area contributed by atoms with Gasteiger partial charge in [-0.1, -0.05) is 47.0 Å². The summed E-state index contributed by atoms with van der Waals surface area (Å²) in [6.07, 6.45) is 6.49. The average Bonchev–Trinajstić information content (AvgIpc) is 2.27. The van der Waals surface area contributed by atoms with E-state index < -0.39 is 0 Å². The Morgan fingerprint density at radius 3 is 2.31 bits per heavy atom. The lowest BCUT2D eigenvalue weighted by atomic mass is 9.98. The molecule has 2 heteroatoms. The maximum Gasteiger partial charge on any atom is 0.0377 e. The van der Waals surface area contributed by atoms with Gasteiger partial charge in [-0.25, -0.2) is 0 Å². The van der Waals surface area contributed by atoms with Crippen molar-refractivity contribution in [1.82, 2.24) is 5.32 Å². The molecule has 0 aliphatic carbocycles. The highest BCUT2D eigenvalue weighted by Crippen LogP contribution is 2.13. The van der Waals surface area contributed by atoms with Crippen LogP contribution in [0.5, 0.6) is 0 Å². The third kappa shape index (κ3) is 8.41. The van der Waals surface area contributed by atoms with Crippen LogP contribution in [-0.4, -0.2) is 18.5 Å². The van der Waals surface area contributed by atoms with Crippen molar-refractivity contribution in [3.05, 3.63) is 0 Å². The Morgan fingerprint density at radius 1 is 1.19 bits per heavy atom. The van der Waals surface area contributed by atoms with Crippen LogP contribution in [-0.2, 0) is 0 Å². The summed E-state index contributed by atoms with van der Waals surface area (Å²) in [5.74, 6) is 2.30. The van der Waals surface area contributed by atoms with Crippen molar-refractivity contribution in [3.63, 3.8) is 0 Å². The largest absolute Gasteiger partial charge is 0.313 e. The molecule has 0 aliphatic heterocycles. The quantitative estimate of drug-likeness (QED) is 0.563. The van der Waals surface area contributed by atoms with Gasteiger partial charge in [0, 0.05) is 11.9 Å². The molecule has 0 aromatic heterocycles. The van der Waals surface area contributed by atoms with Crippen LogP contribution in [0.3, 0.4) is 0 Å². The van der Waals surface area contributed by atoms with Crippen molar-refractivity contribution in [2.45, 2.75) is 65.8 Å². The van der Waals surface area contributed by atoms with Crippen LogP contribution in [0.1, 0.15) is 59.8 Å². The number of nitrogens with one attached hydrogen (secondary N) is 1. The van der Waals surface area contributed by atoms with Gasteiger partial charge >= 0.3 is 0 Å². The number of rotatable bonds is 10. The monoisotopic (exact) mass is 247 g/mol.